The number of nitrogens with zero attached hydrogens (tertiary/aromatic N) is 1. The van der Waals surface area contributed by atoms with E-state index in [1.165, 1.54) is 116 Å². The van der Waals surface area contributed by atoms with Gasteiger partial charge in [0.15, 0.2) is 0 Å². The summed E-state index contributed by atoms with van der Waals surface area (Å²) in [4.78, 5) is 23.2. The summed E-state index contributed by atoms with van der Waals surface area (Å²) >= 11 is 0. The molecule has 3 atom stereocenters. The number of aliphatic hydroxyl groups excluding tert-OH is 1. The molecule has 0 spiro atoms. The second-order valence-electron chi connectivity index (χ2n) is 20.3. The third-order valence-electron chi connectivity index (χ3n) is 12.3. The van der Waals surface area contributed by atoms with Crippen LogP contribution in [0.5, 0.6) is 0 Å². The highest BCUT2D eigenvalue weighted by molar-refractivity contribution is 7.47. The molecule has 0 radical (unpaired) electrons. The van der Waals surface area contributed by atoms with Crippen molar-refractivity contribution in [3.05, 3.63) is 97.2 Å². The van der Waals surface area contributed by atoms with Crippen LogP contribution < -0.4 is 5.32 Å². The van der Waals surface area contributed by atoms with Gasteiger partial charge in [0.2, 0.25) is 5.91 Å². The summed E-state index contributed by atoms with van der Waals surface area (Å²) in [5.41, 5.74) is 0. The van der Waals surface area contributed by atoms with Crippen molar-refractivity contribution in [2.75, 3.05) is 40.9 Å². The van der Waals surface area contributed by atoms with Gasteiger partial charge in [0.05, 0.1) is 39.9 Å². The number of phosphoric ester groups is 1. The molecule has 0 bridgehead atoms. The van der Waals surface area contributed by atoms with Crippen LogP contribution in [0.1, 0.15) is 232 Å². The molecule has 404 valence electrons. The maximum Gasteiger partial charge on any atom is 0.472 e. The van der Waals surface area contributed by atoms with Crippen LogP contribution in [0.15, 0.2) is 97.2 Å². The number of phosphoric acid groups is 1. The van der Waals surface area contributed by atoms with Crippen LogP contribution in [0.25, 0.3) is 0 Å². The van der Waals surface area contributed by atoms with Gasteiger partial charge in [0.25, 0.3) is 0 Å². The third kappa shape index (κ3) is 53.2. The molecule has 70 heavy (non-hydrogen) atoms. The SMILES string of the molecule is CC/C=C\C/C=C\C/C=C\C/C=C\C/C=C\C/C=C\C/C=C\C/C=C\CCCCCCCCCCCCCCC(=O)NC(COP(=O)(O)OCC[N+](C)(C)C)C(O)CCCCCCCCCCCCC. The minimum atomic E-state index is -4.32. The Bertz CT molecular complexity index is 1460. The number of hydrogen-bond donors (Lipinski definition) is 3. The molecule has 3 N–H and O–H groups in total. The Labute approximate surface area is 432 Å². The molecule has 9 heteroatoms. The number of rotatable bonds is 51. The van der Waals surface area contributed by atoms with Gasteiger partial charge in [-0.25, -0.2) is 4.57 Å². The van der Waals surface area contributed by atoms with E-state index in [0.717, 1.165) is 89.9 Å². The Balaban J connectivity index is 4.02. The second kappa shape index (κ2) is 51.3. The molecule has 3 unspecified atom stereocenters. The zero-order valence-electron chi connectivity index (χ0n) is 46.0. The van der Waals surface area contributed by atoms with Gasteiger partial charge in [-0.05, 0) is 77.0 Å². The summed E-state index contributed by atoms with van der Waals surface area (Å²) in [6.07, 6.45) is 73.3. The van der Waals surface area contributed by atoms with Crippen LogP contribution >= 0.6 is 7.82 Å². The summed E-state index contributed by atoms with van der Waals surface area (Å²) in [7, 11) is 1.61. The smallest absolute Gasteiger partial charge is 0.391 e. The van der Waals surface area contributed by atoms with Crippen LogP contribution in [0.3, 0.4) is 0 Å². The standard InChI is InChI=1S/C61H109N2O6P/c1-6-8-10-12-14-16-18-19-20-21-22-23-24-25-26-27-28-29-30-31-32-33-34-35-36-37-38-39-40-41-42-43-45-47-49-51-53-55-61(65)62-59(58-69-70(66,67)68-57-56-63(3,4)5)60(64)54-52-50-48-46-44-17-15-13-11-9-7-2/h8,10,14,16,19-20,22-23,25-26,28-29,31-32,34-35,59-60,64H,6-7,9,11-13,15,17-18,21,24,27,30,33,36-58H2,1-5H3,(H-,62,65,66,67)/p+1/b10-8-,16-14-,20-19-,23-22-,26-25-,29-28-,32-31-,35-34-. The van der Waals surface area contributed by atoms with Crippen molar-refractivity contribution in [3.63, 3.8) is 0 Å². The van der Waals surface area contributed by atoms with Crippen molar-refractivity contribution in [3.8, 4) is 0 Å². The molecule has 0 rings (SSSR count). The van der Waals surface area contributed by atoms with Gasteiger partial charge >= 0.3 is 7.82 Å². The molecule has 0 heterocycles. The molecule has 0 aromatic rings. The van der Waals surface area contributed by atoms with Crippen molar-refractivity contribution in [2.45, 2.75) is 244 Å². The van der Waals surface area contributed by atoms with Crippen molar-refractivity contribution in [2.24, 2.45) is 0 Å². The molecule has 0 aromatic carbocycles. The Kier molecular flexibility index (Phi) is 49.4. The van der Waals surface area contributed by atoms with Crippen LogP contribution in [-0.2, 0) is 18.4 Å². The van der Waals surface area contributed by atoms with Crippen molar-refractivity contribution >= 4 is 13.7 Å². The zero-order valence-corrected chi connectivity index (χ0v) is 46.9. The van der Waals surface area contributed by atoms with Gasteiger partial charge in [0, 0.05) is 6.42 Å². The molecule has 0 aromatic heterocycles. The van der Waals surface area contributed by atoms with E-state index in [4.69, 9.17) is 9.05 Å². The topological polar surface area (TPSA) is 105 Å². The third-order valence-corrected chi connectivity index (χ3v) is 13.3. The van der Waals surface area contributed by atoms with Crippen molar-refractivity contribution < 1.29 is 32.9 Å². The first-order valence-electron chi connectivity index (χ1n) is 28.6. The number of hydrogen-bond acceptors (Lipinski definition) is 5. The molecule has 0 aliphatic rings. The maximum atomic E-state index is 13.0. The summed E-state index contributed by atoms with van der Waals surface area (Å²) in [5.74, 6) is -0.151. The first kappa shape index (κ1) is 67.4. The predicted molar refractivity (Wildman–Crippen MR) is 304 cm³/mol. The van der Waals surface area contributed by atoms with Crippen LogP contribution in [0.4, 0.5) is 0 Å². The lowest BCUT2D eigenvalue weighted by atomic mass is 10.0. The second-order valence-corrected chi connectivity index (χ2v) is 21.7. The molecule has 0 fully saturated rings. The molecular weight excluding hydrogens is 888 g/mol. The van der Waals surface area contributed by atoms with Crippen LogP contribution in [0, 0.1) is 0 Å². The van der Waals surface area contributed by atoms with Gasteiger partial charge < -0.3 is 19.8 Å². The lowest BCUT2D eigenvalue weighted by Crippen LogP contribution is -2.46. The summed E-state index contributed by atoms with van der Waals surface area (Å²) in [6.45, 7) is 4.75. The highest BCUT2D eigenvalue weighted by atomic mass is 31.2. The Morgan fingerprint density at radius 1 is 0.500 bits per heavy atom. The number of carbonyl (C=O) groups excluding carboxylic acids is 1. The molecule has 8 nitrogen and oxygen atoms in total. The first-order valence-corrected chi connectivity index (χ1v) is 30.1. The quantitative estimate of drug-likeness (QED) is 0.0243. The lowest BCUT2D eigenvalue weighted by molar-refractivity contribution is -0.870. The Morgan fingerprint density at radius 2 is 0.857 bits per heavy atom. The number of likely N-dealkylation sites (N-methyl/N-ethyl adjacent to an activating group) is 1. The van der Waals surface area contributed by atoms with E-state index < -0.39 is 20.0 Å². The Hall–Kier alpha value is -2.58. The Morgan fingerprint density at radius 3 is 1.26 bits per heavy atom. The van der Waals surface area contributed by atoms with Gasteiger partial charge in [-0.2, -0.15) is 0 Å². The number of unbranched alkanes of at least 4 members (excludes halogenated alkanes) is 22. The van der Waals surface area contributed by atoms with Gasteiger partial charge in [-0.1, -0.05) is 246 Å². The fourth-order valence-electron chi connectivity index (χ4n) is 7.89. The summed E-state index contributed by atoms with van der Waals surface area (Å²) in [6, 6.07) is -0.765. The summed E-state index contributed by atoms with van der Waals surface area (Å²) < 4.78 is 23.7. The average Bonchev–Trinajstić information content (AvgIpc) is 3.32. The highest BCUT2D eigenvalue weighted by Gasteiger charge is 2.28. The van der Waals surface area contributed by atoms with E-state index >= 15 is 0 Å². The number of aliphatic hydroxyl groups is 1. The minimum absolute atomic E-state index is 0.0708. The average molecular weight is 999 g/mol. The van der Waals surface area contributed by atoms with E-state index in [9.17, 15) is 19.4 Å². The zero-order chi connectivity index (χ0) is 51.3. The van der Waals surface area contributed by atoms with Crippen molar-refractivity contribution in [1.82, 2.24) is 5.32 Å². The van der Waals surface area contributed by atoms with E-state index in [1.807, 2.05) is 21.1 Å². The fourth-order valence-corrected chi connectivity index (χ4v) is 8.62. The predicted octanol–water partition coefficient (Wildman–Crippen LogP) is 17.4. The van der Waals surface area contributed by atoms with Gasteiger partial charge in [0.1, 0.15) is 13.2 Å². The number of nitrogens with one attached hydrogen (secondary N) is 1. The van der Waals surface area contributed by atoms with Gasteiger partial charge in [-0.15, -0.1) is 0 Å². The molecule has 0 saturated carbocycles. The van der Waals surface area contributed by atoms with E-state index in [2.05, 4.69) is 116 Å². The van der Waals surface area contributed by atoms with E-state index in [-0.39, 0.29) is 19.1 Å². The van der Waals surface area contributed by atoms with E-state index in [1.54, 1.807) is 0 Å². The normalized spacial score (nSPS) is 14.7. The van der Waals surface area contributed by atoms with Crippen molar-refractivity contribution in [1.29, 1.82) is 0 Å². The lowest BCUT2D eigenvalue weighted by Gasteiger charge is -2.26. The largest absolute Gasteiger partial charge is 0.472 e. The number of carbonyl (C=O) groups is 1. The minimum Gasteiger partial charge on any atom is -0.391 e. The number of quaternary nitrogens is 1. The molecule has 0 aliphatic heterocycles. The van der Waals surface area contributed by atoms with E-state index in [0.29, 0.717) is 23.9 Å². The van der Waals surface area contributed by atoms with Crippen LogP contribution in [0.2, 0.25) is 0 Å². The molecule has 0 saturated heterocycles. The fraction of sp³-hybridized carbons (Fsp3) is 0.721. The maximum absolute atomic E-state index is 13.0. The van der Waals surface area contributed by atoms with Gasteiger partial charge in [-0.3, -0.25) is 13.8 Å². The molecular formula is C61H110N2O6P+. The first-order chi connectivity index (χ1) is 34.0. The molecule has 0 aliphatic carbocycles. The van der Waals surface area contributed by atoms with Crippen LogP contribution in [-0.4, -0.2) is 73.4 Å². The highest BCUT2D eigenvalue weighted by Crippen LogP contribution is 2.43. The molecule has 1 amide bonds. The summed E-state index contributed by atoms with van der Waals surface area (Å²) in [5, 5.41) is 14.0. The number of allylic oxidation sites excluding steroid dienone is 16. The number of amides is 1. The monoisotopic (exact) mass is 998 g/mol.